The molecule has 0 saturated heterocycles. The van der Waals surface area contributed by atoms with Crippen LogP contribution >= 0.6 is 0 Å². The van der Waals surface area contributed by atoms with Crippen LogP contribution in [0.4, 0.5) is 0 Å². The summed E-state index contributed by atoms with van der Waals surface area (Å²) in [5.74, 6) is 0.562. The van der Waals surface area contributed by atoms with Gasteiger partial charge in [-0.25, -0.2) is 4.99 Å². The molecule has 0 N–H and O–H groups in total. The van der Waals surface area contributed by atoms with Crippen LogP contribution in [0.15, 0.2) is 134 Å². The van der Waals surface area contributed by atoms with Gasteiger partial charge in [0.1, 0.15) is 5.84 Å². The summed E-state index contributed by atoms with van der Waals surface area (Å²) in [6, 6.07) is 0. The number of allylic oxidation sites excluding steroid dienone is 8. The van der Waals surface area contributed by atoms with E-state index >= 15 is 0 Å². The van der Waals surface area contributed by atoms with E-state index in [4.69, 9.17) is 0 Å². The first kappa shape index (κ1) is 26.5. The molecule has 0 aromatic rings. The van der Waals surface area contributed by atoms with Crippen LogP contribution in [0.5, 0.6) is 0 Å². The smallest absolute Gasteiger partial charge is 0.136 e. The third-order valence-corrected chi connectivity index (χ3v) is 3.96. The van der Waals surface area contributed by atoms with Crippen LogP contribution in [0.25, 0.3) is 0 Å². The molecule has 0 atom stereocenters. The van der Waals surface area contributed by atoms with Gasteiger partial charge in [0, 0.05) is 23.5 Å². The molecule has 3 nitrogen and oxygen atoms in total. The van der Waals surface area contributed by atoms with Crippen molar-refractivity contribution in [2.75, 3.05) is 0 Å². The van der Waals surface area contributed by atoms with Crippen LogP contribution in [-0.4, -0.2) is 16.4 Å². The molecule has 0 unspecified atom stereocenters. The zero-order valence-electron chi connectivity index (χ0n) is 19.0. The summed E-state index contributed by atoms with van der Waals surface area (Å²) in [6.07, 6.45) is 15.5. The first-order valence-corrected chi connectivity index (χ1v) is 9.57. The fraction of sp³-hybridized carbons (Fsp3) is 0.185. The number of amidine groups is 1. The molecule has 0 spiro atoms. The van der Waals surface area contributed by atoms with Gasteiger partial charge in [-0.05, 0) is 35.8 Å². The lowest BCUT2D eigenvalue weighted by atomic mass is 9.90. The molecule has 0 aromatic heterocycles. The fourth-order valence-electron chi connectivity index (χ4n) is 2.25. The monoisotopic (exact) mass is 401 g/mol. The van der Waals surface area contributed by atoms with Crippen molar-refractivity contribution in [3.63, 3.8) is 0 Å². The van der Waals surface area contributed by atoms with Crippen LogP contribution in [0, 0.1) is 5.41 Å². The molecule has 0 aromatic carbocycles. The third kappa shape index (κ3) is 8.27. The van der Waals surface area contributed by atoms with Crippen molar-refractivity contribution in [1.82, 2.24) is 4.90 Å². The van der Waals surface area contributed by atoms with Crippen LogP contribution in [0.2, 0.25) is 0 Å². The molecular weight excluding hydrogens is 366 g/mol. The van der Waals surface area contributed by atoms with Crippen LogP contribution in [0.3, 0.4) is 0 Å². The first-order valence-electron chi connectivity index (χ1n) is 9.57. The highest BCUT2D eigenvalue weighted by Crippen LogP contribution is 2.20. The molecule has 0 aliphatic heterocycles. The van der Waals surface area contributed by atoms with E-state index in [9.17, 15) is 0 Å². The SMILES string of the molecule is C=C\C=C/C(=C/N=C(\C=C)N(C=C)/C(=C/N=C(\C=C)C(C)(C)C)C(=C)C)C(=C)C=C. The molecule has 0 saturated carbocycles. The minimum Gasteiger partial charge on any atom is -0.301 e. The molecule has 0 aliphatic carbocycles. The lowest BCUT2D eigenvalue weighted by Gasteiger charge is -2.23. The minimum atomic E-state index is -0.132. The third-order valence-electron chi connectivity index (χ3n) is 3.96. The number of nitrogens with zero attached hydrogens (tertiary/aromatic N) is 3. The van der Waals surface area contributed by atoms with Crippen molar-refractivity contribution in [3.8, 4) is 0 Å². The predicted octanol–water partition coefficient (Wildman–Crippen LogP) is 7.48. The predicted molar refractivity (Wildman–Crippen MR) is 136 cm³/mol. The van der Waals surface area contributed by atoms with Gasteiger partial charge in [0.25, 0.3) is 0 Å². The second kappa shape index (κ2) is 12.9. The zero-order valence-corrected chi connectivity index (χ0v) is 19.0. The molecule has 0 amide bonds. The number of hydrogen-bond donors (Lipinski definition) is 0. The maximum Gasteiger partial charge on any atom is 0.136 e. The van der Waals surface area contributed by atoms with Gasteiger partial charge in [-0.3, -0.25) is 4.99 Å². The summed E-state index contributed by atoms with van der Waals surface area (Å²) >= 11 is 0. The van der Waals surface area contributed by atoms with E-state index in [1.165, 1.54) is 0 Å². The average Bonchev–Trinajstić information content (AvgIpc) is 2.69. The van der Waals surface area contributed by atoms with Gasteiger partial charge < -0.3 is 4.90 Å². The van der Waals surface area contributed by atoms with E-state index in [1.807, 2.05) is 19.1 Å². The maximum absolute atomic E-state index is 4.63. The second-order valence-corrected chi connectivity index (χ2v) is 7.42. The molecule has 158 valence electrons. The molecule has 0 radical (unpaired) electrons. The molecular formula is C27H35N3. The summed E-state index contributed by atoms with van der Waals surface area (Å²) in [4.78, 5) is 11.0. The summed E-state index contributed by atoms with van der Waals surface area (Å²) < 4.78 is 0. The molecule has 0 rings (SSSR count). The molecule has 0 aliphatic rings. The highest BCUT2D eigenvalue weighted by molar-refractivity contribution is 5.99. The summed E-state index contributed by atoms with van der Waals surface area (Å²) in [6.45, 7) is 35.4. The molecule has 0 heterocycles. The Kier molecular flexibility index (Phi) is 11.4. The van der Waals surface area contributed by atoms with Gasteiger partial charge in [-0.15, -0.1) is 0 Å². The van der Waals surface area contributed by atoms with E-state index < -0.39 is 0 Å². The van der Waals surface area contributed by atoms with Gasteiger partial charge in [0.15, 0.2) is 0 Å². The van der Waals surface area contributed by atoms with Gasteiger partial charge in [0.2, 0.25) is 0 Å². The van der Waals surface area contributed by atoms with Crippen molar-refractivity contribution in [1.29, 1.82) is 0 Å². The van der Waals surface area contributed by atoms with Crippen molar-refractivity contribution in [2.45, 2.75) is 27.7 Å². The Morgan fingerprint density at radius 2 is 1.50 bits per heavy atom. The Bertz CT molecular complexity index is 862. The summed E-state index contributed by atoms with van der Waals surface area (Å²) in [5.41, 5.74) is 3.82. The quantitative estimate of drug-likeness (QED) is 0.200. The molecule has 3 heteroatoms. The van der Waals surface area contributed by atoms with E-state index in [0.717, 1.165) is 28.1 Å². The van der Waals surface area contributed by atoms with Crippen molar-refractivity contribution >= 4 is 11.5 Å². The van der Waals surface area contributed by atoms with E-state index in [2.05, 4.69) is 76.8 Å². The Balaban J connectivity index is 6.47. The largest absolute Gasteiger partial charge is 0.301 e. The topological polar surface area (TPSA) is 28.0 Å². The lowest BCUT2D eigenvalue weighted by Crippen LogP contribution is -2.24. The molecule has 0 fully saturated rings. The zero-order chi connectivity index (χ0) is 23.3. The fourth-order valence-corrected chi connectivity index (χ4v) is 2.25. The van der Waals surface area contributed by atoms with Gasteiger partial charge >= 0.3 is 0 Å². The normalized spacial score (nSPS) is 13.6. The standard InChI is InChI=1S/C27H35N3/c1-12-17-18-23(22(8)13-2)19-29-26(15-4)30(16-5)24(21(6)7)20-28-25(14-3)27(9,10)11/h12-20H,1-6,8H2,7,9-11H3/b18-17-,23-19-,24-20+,28-25+,29-26+. The van der Waals surface area contributed by atoms with E-state index in [1.54, 1.807) is 47.8 Å². The minimum absolute atomic E-state index is 0.132. The van der Waals surface area contributed by atoms with Crippen LogP contribution in [0.1, 0.15) is 27.7 Å². The van der Waals surface area contributed by atoms with Crippen molar-refractivity contribution < 1.29 is 0 Å². The number of rotatable bonds is 11. The average molecular weight is 402 g/mol. The molecule has 0 bridgehead atoms. The Hall–Kier alpha value is -3.46. The Morgan fingerprint density at radius 1 is 0.867 bits per heavy atom. The first-order chi connectivity index (χ1) is 14.1. The molecule has 30 heavy (non-hydrogen) atoms. The number of hydrogen-bond acceptors (Lipinski definition) is 2. The van der Waals surface area contributed by atoms with Crippen LogP contribution in [-0.2, 0) is 0 Å². The summed E-state index contributed by atoms with van der Waals surface area (Å²) in [7, 11) is 0. The van der Waals surface area contributed by atoms with Gasteiger partial charge in [-0.1, -0.05) is 91.1 Å². The highest BCUT2D eigenvalue weighted by Gasteiger charge is 2.16. The van der Waals surface area contributed by atoms with Gasteiger partial charge in [-0.2, -0.15) is 0 Å². The Morgan fingerprint density at radius 3 is 1.90 bits per heavy atom. The van der Waals surface area contributed by atoms with E-state index in [0.29, 0.717) is 5.84 Å². The highest BCUT2D eigenvalue weighted by atomic mass is 15.2. The van der Waals surface area contributed by atoms with Crippen LogP contribution < -0.4 is 0 Å². The van der Waals surface area contributed by atoms with Crippen molar-refractivity contribution in [2.24, 2.45) is 15.4 Å². The summed E-state index contributed by atoms with van der Waals surface area (Å²) in [5, 5.41) is 0. The van der Waals surface area contributed by atoms with Crippen molar-refractivity contribution in [3.05, 3.63) is 124 Å². The Labute approximate surface area is 183 Å². The maximum atomic E-state index is 4.63. The van der Waals surface area contributed by atoms with Gasteiger partial charge in [0.05, 0.1) is 11.9 Å². The second-order valence-electron chi connectivity index (χ2n) is 7.42. The van der Waals surface area contributed by atoms with E-state index in [-0.39, 0.29) is 5.41 Å². The number of aliphatic imine (C=N–C) groups is 2. The lowest BCUT2D eigenvalue weighted by molar-refractivity contribution is 0.594.